The molecule has 15 aromatic rings. The van der Waals surface area contributed by atoms with E-state index in [0.717, 1.165) is 113 Å². The predicted octanol–water partition coefficient (Wildman–Crippen LogP) is 17.6. The van der Waals surface area contributed by atoms with Crippen molar-refractivity contribution in [2.24, 2.45) is 0 Å². The van der Waals surface area contributed by atoms with Crippen molar-refractivity contribution in [3.63, 3.8) is 0 Å². The second-order valence-electron chi connectivity index (χ2n) is 19.3. The monoisotopic (exact) mass is 1240 g/mol. The summed E-state index contributed by atoms with van der Waals surface area (Å²) in [6, 6.07) is 112. The maximum Gasteiger partial charge on any atom is 3.00 e. The molecule has 5 aromatic heterocycles. The van der Waals surface area contributed by atoms with Crippen LogP contribution in [-0.2, 0) is 0 Å². The summed E-state index contributed by atoms with van der Waals surface area (Å²) in [5.41, 5.74) is 20.7. The third-order valence-electron chi connectivity index (χ3n) is 13.5. The SMILES string of the molecule is [Nd+3].c1ccc(-c2cc(-c3ccccc3)[n-]n2)cc1.c1ccc(-c2cc(-c3ccccc3)[n-]n2)cc1.c1ccc(-c2cc(-c3ccccc3)[n-]n2)cc1.c1ccc(-c2cc(-c3ccccc3)[nH]n2)cc1.c1ccc(-c2cc(-c3ccccc3)[nH]n2)cc1. The average Bonchev–Trinajstić information content (AvgIpc) is 4.67. The summed E-state index contributed by atoms with van der Waals surface area (Å²) >= 11 is 0. The van der Waals surface area contributed by atoms with Crippen molar-refractivity contribution >= 4 is 0 Å². The van der Waals surface area contributed by atoms with Crippen LogP contribution < -0.4 is 15.3 Å². The Morgan fingerprint density at radius 3 is 0.605 bits per heavy atom. The van der Waals surface area contributed by atoms with Crippen LogP contribution in [0.1, 0.15) is 0 Å². The Balaban J connectivity index is 0.000000119. The first-order chi connectivity index (χ1) is 42.2. The molecule has 0 saturated carbocycles. The minimum atomic E-state index is 0. The van der Waals surface area contributed by atoms with Gasteiger partial charge in [-0.3, -0.25) is 10.2 Å². The second kappa shape index (κ2) is 30.8. The van der Waals surface area contributed by atoms with E-state index >= 15 is 0 Å². The van der Waals surface area contributed by atoms with Crippen LogP contribution in [0.5, 0.6) is 0 Å². The van der Waals surface area contributed by atoms with Gasteiger partial charge in [-0.2, -0.15) is 10.2 Å². The Morgan fingerprint density at radius 2 is 0.384 bits per heavy atom. The van der Waals surface area contributed by atoms with Crippen LogP contribution in [0.15, 0.2) is 334 Å². The number of benzene rings is 10. The fourth-order valence-corrected chi connectivity index (χ4v) is 9.07. The summed E-state index contributed by atoms with van der Waals surface area (Å²) < 4.78 is 0. The topological polar surface area (TPSA) is 138 Å². The van der Waals surface area contributed by atoms with E-state index in [1.54, 1.807) is 0 Å². The van der Waals surface area contributed by atoms with Gasteiger partial charge in [0.2, 0.25) is 0 Å². The average molecular weight is 1240 g/mol. The minimum absolute atomic E-state index is 0. The molecule has 0 unspecified atom stereocenters. The molecule has 15 rings (SSSR count). The van der Waals surface area contributed by atoms with E-state index in [9.17, 15) is 0 Å². The Bertz CT molecular complexity index is 3380. The fourth-order valence-electron chi connectivity index (χ4n) is 9.07. The Kier molecular flexibility index (Phi) is 21.0. The smallest absolute Gasteiger partial charge is 0.574 e. The van der Waals surface area contributed by atoms with Crippen LogP contribution in [0.4, 0.5) is 0 Å². The van der Waals surface area contributed by atoms with Crippen molar-refractivity contribution in [2.45, 2.75) is 0 Å². The second-order valence-corrected chi connectivity index (χ2v) is 19.3. The molecule has 10 aromatic carbocycles. The van der Waals surface area contributed by atoms with Gasteiger partial charge in [-0.05, 0) is 56.6 Å². The number of nitrogens with one attached hydrogen (secondary N) is 2. The van der Waals surface area contributed by atoms with Gasteiger partial charge in [0.1, 0.15) is 0 Å². The summed E-state index contributed by atoms with van der Waals surface area (Å²) in [4.78, 5) is 0. The normalized spacial score (nSPS) is 10.2. The van der Waals surface area contributed by atoms with Gasteiger partial charge >= 0.3 is 40.8 Å². The molecule has 11 heteroatoms. The van der Waals surface area contributed by atoms with Gasteiger partial charge in [0, 0.05) is 28.2 Å². The zero-order valence-electron chi connectivity index (χ0n) is 46.8. The molecule has 5 heterocycles. The van der Waals surface area contributed by atoms with Crippen LogP contribution in [0.2, 0.25) is 0 Å². The molecule has 411 valence electrons. The van der Waals surface area contributed by atoms with E-state index in [1.807, 2.05) is 273 Å². The van der Waals surface area contributed by atoms with E-state index in [-0.39, 0.29) is 40.8 Å². The van der Waals surface area contributed by atoms with Gasteiger partial charge in [-0.1, -0.05) is 322 Å². The molecule has 0 atom stereocenters. The zero-order chi connectivity index (χ0) is 57.5. The molecule has 0 spiro atoms. The van der Waals surface area contributed by atoms with Crippen LogP contribution in [0, 0.1) is 40.8 Å². The van der Waals surface area contributed by atoms with Gasteiger partial charge in [0.25, 0.3) is 0 Å². The van der Waals surface area contributed by atoms with E-state index in [4.69, 9.17) is 0 Å². The van der Waals surface area contributed by atoms with E-state index in [2.05, 4.69) is 112 Å². The van der Waals surface area contributed by atoms with Crippen LogP contribution in [0.3, 0.4) is 0 Å². The molecule has 10 nitrogen and oxygen atoms in total. The summed E-state index contributed by atoms with van der Waals surface area (Å²) in [6.07, 6.45) is 0. The minimum Gasteiger partial charge on any atom is -0.574 e. The summed E-state index contributed by atoms with van der Waals surface area (Å²) in [5.74, 6) is 0. The molecule has 0 amide bonds. The van der Waals surface area contributed by atoms with Crippen molar-refractivity contribution in [3.8, 4) is 113 Å². The Hall–Kier alpha value is -10.4. The molecule has 2 N–H and O–H groups in total. The molecule has 0 bridgehead atoms. The number of hydrogen-bond acceptors (Lipinski definition) is 5. The summed E-state index contributed by atoms with van der Waals surface area (Å²) in [5, 5.41) is 40.1. The van der Waals surface area contributed by atoms with Gasteiger partial charge < -0.3 is 30.6 Å². The van der Waals surface area contributed by atoms with Crippen molar-refractivity contribution in [3.05, 3.63) is 334 Å². The van der Waals surface area contributed by atoms with Crippen molar-refractivity contribution in [2.75, 3.05) is 0 Å². The number of H-pyrrole nitrogens is 2. The Morgan fingerprint density at radius 1 is 0.198 bits per heavy atom. The van der Waals surface area contributed by atoms with Gasteiger partial charge in [0.15, 0.2) is 0 Å². The Labute approximate surface area is 533 Å². The molecular formula is C75H57N10Nd. The van der Waals surface area contributed by atoms with Crippen molar-refractivity contribution in [1.29, 1.82) is 0 Å². The maximum atomic E-state index is 4.34. The molecule has 0 saturated heterocycles. The quantitative estimate of drug-likeness (QED) is 0.138. The van der Waals surface area contributed by atoms with Gasteiger partial charge in [-0.25, -0.2) is 0 Å². The number of hydrogen-bond donors (Lipinski definition) is 2. The van der Waals surface area contributed by atoms with E-state index in [0.29, 0.717) is 0 Å². The van der Waals surface area contributed by atoms with Crippen LogP contribution in [-0.4, -0.2) is 35.7 Å². The van der Waals surface area contributed by atoms with Gasteiger partial charge in [-0.15, -0.1) is 17.1 Å². The van der Waals surface area contributed by atoms with Crippen LogP contribution in [0.25, 0.3) is 113 Å². The van der Waals surface area contributed by atoms with Crippen molar-refractivity contribution < 1.29 is 40.8 Å². The van der Waals surface area contributed by atoms with E-state index in [1.165, 1.54) is 0 Å². The largest absolute Gasteiger partial charge is 3.00 e. The molecule has 0 aliphatic rings. The molecule has 1 radical (unpaired) electrons. The molecule has 0 aliphatic heterocycles. The first-order valence-electron chi connectivity index (χ1n) is 27.8. The fraction of sp³-hybridized carbons (Fsp3) is 0. The van der Waals surface area contributed by atoms with Crippen molar-refractivity contribution in [1.82, 2.24) is 51.0 Å². The predicted molar refractivity (Wildman–Crippen MR) is 344 cm³/mol. The molecular weight excluding hydrogens is 1190 g/mol. The maximum absolute atomic E-state index is 4.34. The summed E-state index contributed by atoms with van der Waals surface area (Å²) in [6.45, 7) is 0. The van der Waals surface area contributed by atoms with E-state index < -0.39 is 0 Å². The zero-order valence-corrected chi connectivity index (χ0v) is 50.0. The number of nitrogens with zero attached hydrogens (tertiary/aromatic N) is 8. The molecule has 86 heavy (non-hydrogen) atoms. The number of aromatic amines is 2. The first-order valence-corrected chi connectivity index (χ1v) is 27.8. The third-order valence-corrected chi connectivity index (χ3v) is 13.5. The van der Waals surface area contributed by atoms with Gasteiger partial charge in [0.05, 0.1) is 22.8 Å². The number of rotatable bonds is 10. The molecule has 0 aliphatic carbocycles. The molecule has 0 fully saturated rings. The first kappa shape index (κ1) is 58.8. The summed E-state index contributed by atoms with van der Waals surface area (Å²) in [7, 11) is 0. The third kappa shape index (κ3) is 16.2. The number of aromatic nitrogens is 10. The van der Waals surface area contributed by atoms with Crippen LogP contribution >= 0.6 is 0 Å². The standard InChI is InChI=1S/2C15H12N2.3C15H11N2.Nd/c5*1-3-7-12(8-4-1)14-11-15(17-16-14)13-9-5-2-6-10-13;/h2*1-11H,(H,16,17);3*1-11H;/q;;3*-1;+3.